The van der Waals surface area contributed by atoms with Gasteiger partial charge in [-0.3, -0.25) is 0 Å². The van der Waals surface area contributed by atoms with Gasteiger partial charge in [0.15, 0.2) is 0 Å². The molecule has 2 heteroatoms. The molecule has 2 rings (SSSR count). The minimum absolute atomic E-state index is 0.127. The van der Waals surface area contributed by atoms with E-state index in [9.17, 15) is 5.11 Å². The Kier molecular flexibility index (Phi) is 4.08. The van der Waals surface area contributed by atoms with Crippen LogP contribution < -0.4 is 0 Å². The number of thioether (sulfide) groups is 1. The summed E-state index contributed by atoms with van der Waals surface area (Å²) in [7, 11) is 0. The van der Waals surface area contributed by atoms with Crippen LogP contribution in [-0.2, 0) is 6.61 Å². The normalized spacial score (nSPS) is 21.1. The molecule has 0 heterocycles. The van der Waals surface area contributed by atoms with Gasteiger partial charge in [-0.1, -0.05) is 36.8 Å². The molecule has 16 heavy (non-hydrogen) atoms. The first-order chi connectivity index (χ1) is 7.81. The highest BCUT2D eigenvalue weighted by atomic mass is 32.2. The molecule has 1 aromatic carbocycles. The van der Waals surface area contributed by atoms with Crippen LogP contribution >= 0.6 is 11.8 Å². The topological polar surface area (TPSA) is 20.2 Å². The molecule has 0 bridgehead atoms. The number of benzene rings is 1. The molecule has 1 unspecified atom stereocenters. The lowest BCUT2D eigenvalue weighted by molar-refractivity contribution is 0.279. The van der Waals surface area contributed by atoms with Crippen molar-refractivity contribution in [1.82, 2.24) is 0 Å². The van der Waals surface area contributed by atoms with Gasteiger partial charge < -0.3 is 5.11 Å². The zero-order valence-corrected chi connectivity index (χ0v) is 10.3. The summed E-state index contributed by atoms with van der Waals surface area (Å²) in [4.78, 5) is 1.21. The van der Waals surface area contributed by atoms with Gasteiger partial charge in [0.2, 0.25) is 0 Å². The number of aliphatic hydroxyl groups is 1. The number of hydrogen-bond acceptors (Lipinski definition) is 2. The smallest absolute Gasteiger partial charge is 0.0692 e. The first-order valence-electron chi connectivity index (χ1n) is 5.84. The van der Waals surface area contributed by atoms with Crippen molar-refractivity contribution < 1.29 is 5.11 Å². The predicted octanol–water partition coefficient (Wildman–Crippen LogP) is 3.77. The standard InChI is InChI=1S/C14H18OS/c1-11-6-2-4-8-13(11)16-14-9-5-3-7-12(14)10-15/h3,5,7,9,13,15H,1-2,4,6,8,10H2. The third kappa shape index (κ3) is 2.69. The van der Waals surface area contributed by atoms with E-state index in [-0.39, 0.29) is 6.61 Å². The Morgan fingerprint density at radius 2 is 2.12 bits per heavy atom. The van der Waals surface area contributed by atoms with Crippen LogP contribution in [0.15, 0.2) is 41.3 Å². The minimum atomic E-state index is 0.127. The van der Waals surface area contributed by atoms with Crippen LogP contribution in [0, 0.1) is 0 Å². The van der Waals surface area contributed by atoms with Crippen LogP contribution in [0.4, 0.5) is 0 Å². The van der Waals surface area contributed by atoms with Crippen molar-refractivity contribution in [2.75, 3.05) is 0 Å². The number of aliphatic hydroxyl groups excluding tert-OH is 1. The molecule has 0 spiro atoms. The van der Waals surface area contributed by atoms with E-state index in [1.165, 1.54) is 36.2 Å². The summed E-state index contributed by atoms with van der Waals surface area (Å²) in [5.74, 6) is 0. The average Bonchev–Trinajstić information content (AvgIpc) is 2.33. The molecule has 1 N–H and O–H groups in total. The fourth-order valence-corrected chi connectivity index (χ4v) is 3.41. The SMILES string of the molecule is C=C1CCCCC1Sc1ccccc1CO. The molecule has 0 saturated heterocycles. The quantitative estimate of drug-likeness (QED) is 0.803. The van der Waals surface area contributed by atoms with Crippen molar-refractivity contribution >= 4 is 11.8 Å². The van der Waals surface area contributed by atoms with Crippen molar-refractivity contribution in [3.05, 3.63) is 42.0 Å². The molecule has 0 amide bonds. The summed E-state index contributed by atoms with van der Waals surface area (Å²) < 4.78 is 0. The second-order valence-corrected chi connectivity index (χ2v) is 5.52. The van der Waals surface area contributed by atoms with Crippen molar-refractivity contribution in [3.8, 4) is 0 Å². The van der Waals surface area contributed by atoms with Crippen LogP contribution in [0.25, 0.3) is 0 Å². The Balaban J connectivity index is 2.10. The molecule has 1 aromatic rings. The number of hydrogen-bond donors (Lipinski definition) is 1. The molecule has 1 aliphatic rings. The highest BCUT2D eigenvalue weighted by Crippen LogP contribution is 2.37. The van der Waals surface area contributed by atoms with Crippen LogP contribution in [0.5, 0.6) is 0 Å². The van der Waals surface area contributed by atoms with E-state index in [1.807, 2.05) is 30.0 Å². The first kappa shape index (κ1) is 11.7. The Hall–Kier alpha value is -0.730. The van der Waals surface area contributed by atoms with E-state index in [0.717, 1.165) is 5.56 Å². The molecule has 1 saturated carbocycles. The van der Waals surface area contributed by atoms with Crippen molar-refractivity contribution in [1.29, 1.82) is 0 Å². The lowest BCUT2D eigenvalue weighted by atomic mass is 9.96. The largest absolute Gasteiger partial charge is 0.392 e. The van der Waals surface area contributed by atoms with Gasteiger partial charge in [-0.25, -0.2) is 0 Å². The monoisotopic (exact) mass is 234 g/mol. The first-order valence-corrected chi connectivity index (χ1v) is 6.72. The van der Waals surface area contributed by atoms with Gasteiger partial charge in [0.1, 0.15) is 0 Å². The van der Waals surface area contributed by atoms with Gasteiger partial charge in [-0.05, 0) is 30.9 Å². The summed E-state index contributed by atoms with van der Waals surface area (Å²) in [6, 6.07) is 8.10. The van der Waals surface area contributed by atoms with E-state index in [2.05, 4.69) is 12.6 Å². The average molecular weight is 234 g/mol. The fraction of sp³-hybridized carbons (Fsp3) is 0.429. The third-order valence-electron chi connectivity index (χ3n) is 3.08. The molecular formula is C14H18OS. The minimum Gasteiger partial charge on any atom is -0.392 e. The van der Waals surface area contributed by atoms with Crippen LogP contribution in [0.1, 0.15) is 31.2 Å². The van der Waals surface area contributed by atoms with E-state index < -0.39 is 0 Å². The fourth-order valence-electron chi connectivity index (χ4n) is 2.09. The maximum absolute atomic E-state index is 9.28. The lowest BCUT2D eigenvalue weighted by Gasteiger charge is -2.24. The van der Waals surface area contributed by atoms with Crippen molar-refractivity contribution in [3.63, 3.8) is 0 Å². The van der Waals surface area contributed by atoms with Gasteiger partial charge in [0.25, 0.3) is 0 Å². The summed E-state index contributed by atoms with van der Waals surface area (Å²) in [6.45, 7) is 4.29. The van der Waals surface area contributed by atoms with Crippen LogP contribution in [0.3, 0.4) is 0 Å². The summed E-state index contributed by atoms with van der Waals surface area (Å²) in [6.07, 6.45) is 4.98. The van der Waals surface area contributed by atoms with Gasteiger partial charge in [0, 0.05) is 10.1 Å². The molecule has 1 aliphatic carbocycles. The Morgan fingerprint density at radius 3 is 2.88 bits per heavy atom. The van der Waals surface area contributed by atoms with Gasteiger partial charge in [-0.15, -0.1) is 11.8 Å². The number of rotatable bonds is 3. The van der Waals surface area contributed by atoms with Gasteiger partial charge in [0.05, 0.1) is 6.61 Å². The molecule has 1 fully saturated rings. The van der Waals surface area contributed by atoms with E-state index >= 15 is 0 Å². The molecular weight excluding hydrogens is 216 g/mol. The lowest BCUT2D eigenvalue weighted by Crippen LogP contribution is -2.11. The molecule has 0 aromatic heterocycles. The van der Waals surface area contributed by atoms with E-state index in [4.69, 9.17) is 0 Å². The van der Waals surface area contributed by atoms with Crippen molar-refractivity contribution in [2.45, 2.75) is 42.4 Å². The zero-order chi connectivity index (χ0) is 11.4. The van der Waals surface area contributed by atoms with E-state index in [0.29, 0.717) is 5.25 Å². The van der Waals surface area contributed by atoms with Gasteiger partial charge in [-0.2, -0.15) is 0 Å². The third-order valence-corrected chi connectivity index (χ3v) is 4.59. The van der Waals surface area contributed by atoms with Crippen LogP contribution in [-0.4, -0.2) is 10.4 Å². The Labute approximate surface area is 102 Å². The van der Waals surface area contributed by atoms with Crippen molar-refractivity contribution in [2.24, 2.45) is 0 Å². The highest BCUT2D eigenvalue weighted by molar-refractivity contribution is 8.00. The Morgan fingerprint density at radius 1 is 1.31 bits per heavy atom. The summed E-state index contributed by atoms with van der Waals surface area (Å²) in [5, 5.41) is 9.82. The highest BCUT2D eigenvalue weighted by Gasteiger charge is 2.19. The predicted molar refractivity (Wildman–Crippen MR) is 69.6 cm³/mol. The maximum atomic E-state index is 9.28. The molecule has 0 aliphatic heterocycles. The second kappa shape index (κ2) is 5.55. The Bertz CT molecular complexity index is 373. The second-order valence-electron chi connectivity index (χ2n) is 4.28. The summed E-state index contributed by atoms with van der Waals surface area (Å²) >= 11 is 1.86. The zero-order valence-electron chi connectivity index (χ0n) is 9.48. The van der Waals surface area contributed by atoms with E-state index in [1.54, 1.807) is 0 Å². The van der Waals surface area contributed by atoms with Gasteiger partial charge >= 0.3 is 0 Å². The molecule has 1 nitrogen and oxygen atoms in total. The maximum Gasteiger partial charge on any atom is 0.0692 e. The molecule has 0 radical (unpaired) electrons. The summed E-state index contributed by atoms with van der Waals surface area (Å²) in [5.41, 5.74) is 2.40. The van der Waals surface area contributed by atoms with Crippen LogP contribution in [0.2, 0.25) is 0 Å². The molecule has 1 atom stereocenters. The molecule has 86 valence electrons.